The molecule has 1 atom stereocenters. The lowest BCUT2D eigenvalue weighted by Gasteiger charge is -2.27. The molecule has 4 aromatic heterocycles. The molecule has 0 spiro atoms. The van der Waals surface area contributed by atoms with Crippen LogP contribution in [0, 0.1) is 0 Å². The second-order valence-corrected chi connectivity index (χ2v) is 8.63. The van der Waals surface area contributed by atoms with E-state index in [1.165, 1.54) is 36.8 Å². The van der Waals surface area contributed by atoms with Crippen LogP contribution in [0.5, 0.6) is 0 Å². The van der Waals surface area contributed by atoms with Crippen molar-refractivity contribution in [2.75, 3.05) is 19.0 Å². The summed E-state index contributed by atoms with van der Waals surface area (Å²) in [4.78, 5) is 12.1. The molecule has 9 nitrogen and oxygen atoms in total. The molecule has 0 radical (unpaired) electrons. The van der Waals surface area contributed by atoms with E-state index in [0.717, 1.165) is 4.57 Å². The number of fused-ring (bicyclic) bond motifs is 3. The number of nitrogens with two attached hydrogens (primary N) is 1. The predicted octanol–water partition coefficient (Wildman–Crippen LogP) is 4.43. The van der Waals surface area contributed by atoms with Crippen LogP contribution in [0.15, 0.2) is 66.2 Å². The van der Waals surface area contributed by atoms with Gasteiger partial charge in [-0.2, -0.15) is 8.78 Å². The first-order valence-corrected chi connectivity index (χ1v) is 11.5. The van der Waals surface area contributed by atoms with Gasteiger partial charge in [-0.05, 0) is 36.5 Å². The van der Waals surface area contributed by atoms with E-state index in [4.69, 9.17) is 17.3 Å². The zero-order valence-electron chi connectivity index (χ0n) is 19.5. The van der Waals surface area contributed by atoms with Crippen LogP contribution >= 0.6 is 11.6 Å². The lowest BCUT2D eigenvalue weighted by Crippen LogP contribution is -2.30. The van der Waals surface area contributed by atoms with E-state index in [1.54, 1.807) is 36.0 Å². The summed E-state index contributed by atoms with van der Waals surface area (Å²) < 4.78 is 47.8. The Kier molecular flexibility index (Phi) is 6.42. The highest BCUT2D eigenvalue weighted by Gasteiger charge is 2.44. The molecule has 0 aromatic carbocycles. The third-order valence-corrected chi connectivity index (χ3v) is 6.26. The van der Waals surface area contributed by atoms with E-state index in [2.05, 4.69) is 30.5 Å². The number of halogens is 4. The number of amidine groups is 1. The Morgan fingerprint density at radius 2 is 2.14 bits per heavy atom. The van der Waals surface area contributed by atoms with Gasteiger partial charge in [-0.15, -0.1) is 10.2 Å². The van der Waals surface area contributed by atoms with E-state index in [1.807, 2.05) is 0 Å². The Balaban J connectivity index is 1.57. The van der Waals surface area contributed by atoms with Gasteiger partial charge in [0.05, 0.1) is 16.8 Å². The summed E-state index contributed by atoms with van der Waals surface area (Å²) in [5, 5.41) is 11.2. The number of alkyl halides is 3. The fourth-order valence-electron chi connectivity index (χ4n) is 4.23. The van der Waals surface area contributed by atoms with Gasteiger partial charge in [0, 0.05) is 43.3 Å². The van der Waals surface area contributed by atoms with Crippen LogP contribution in [0.3, 0.4) is 0 Å². The summed E-state index contributed by atoms with van der Waals surface area (Å²) in [7, 11) is 1.60. The van der Waals surface area contributed by atoms with Crippen molar-refractivity contribution in [1.82, 2.24) is 29.3 Å². The topological polar surface area (TPSA) is 112 Å². The number of aliphatic imine (C=N–C) groups is 1. The van der Waals surface area contributed by atoms with Crippen LogP contribution in [0.25, 0.3) is 22.6 Å². The van der Waals surface area contributed by atoms with Crippen molar-refractivity contribution in [2.24, 2.45) is 10.7 Å². The Labute approximate surface area is 214 Å². The highest BCUT2D eigenvalue weighted by Crippen LogP contribution is 2.41. The average molecular weight is 528 g/mol. The molecule has 0 unspecified atom stereocenters. The molecule has 0 bridgehead atoms. The molecule has 5 heterocycles. The molecule has 190 valence electrons. The molecule has 13 heteroatoms. The molecule has 37 heavy (non-hydrogen) atoms. The maximum Gasteiger partial charge on any atom is 0.348 e. The largest absolute Gasteiger partial charge is 0.404 e. The first kappa shape index (κ1) is 24.5. The SMILES string of the molecule is CN=C(C=CN)Nc1cc(-c2cc3n(c2)C[C@H](CF)n2c-3nnc2C(F)(F)c2ccccn2)c(Cl)cn1. The lowest BCUT2D eigenvalue weighted by atomic mass is 10.1. The quantitative estimate of drug-likeness (QED) is 0.283. The minimum atomic E-state index is -3.57. The first-order chi connectivity index (χ1) is 17.9. The molecular weight excluding hydrogens is 507 g/mol. The zero-order valence-corrected chi connectivity index (χ0v) is 20.2. The predicted molar refractivity (Wildman–Crippen MR) is 134 cm³/mol. The van der Waals surface area contributed by atoms with Crippen molar-refractivity contribution in [3.8, 4) is 22.6 Å². The van der Waals surface area contributed by atoms with Crippen LogP contribution in [0.1, 0.15) is 17.6 Å². The molecule has 3 N–H and O–H groups in total. The standard InChI is InChI=1S/C24H21ClF3N9/c1-30-20(5-6-29)33-21-9-16(17(25)11-32-21)14-8-18-22-34-35-23(24(27,28)19-4-2-3-7-31-19)37(22)15(10-26)13-36(18)12-14/h2-9,11-12,15H,10,13,29H2,1H3,(H,30,32,33)/t15-/m0/s1. The third kappa shape index (κ3) is 4.33. The Bertz CT molecular complexity index is 1490. The number of nitrogens with one attached hydrogen (secondary N) is 1. The van der Waals surface area contributed by atoms with Gasteiger partial charge in [0.1, 0.15) is 24.0 Å². The zero-order chi connectivity index (χ0) is 26.2. The number of hydrogen-bond donors (Lipinski definition) is 2. The van der Waals surface area contributed by atoms with Gasteiger partial charge in [-0.25, -0.2) is 9.37 Å². The number of nitrogens with zero attached hydrogens (tertiary/aromatic N) is 7. The normalized spacial score (nSPS) is 15.6. The highest BCUT2D eigenvalue weighted by atomic mass is 35.5. The van der Waals surface area contributed by atoms with E-state index in [0.29, 0.717) is 33.5 Å². The monoisotopic (exact) mass is 527 g/mol. The van der Waals surface area contributed by atoms with Gasteiger partial charge in [0.25, 0.3) is 0 Å². The molecule has 1 aliphatic rings. The highest BCUT2D eigenvalue weighted by molar-refractivity contribution is 6.33. The molecule has 5 rings (SSSR count). The Morgan fingerprint density at radius 1 is 1.30 bits per heavy atom. The minimum Gasteiger partial charge on any atom is -0.404 e. The molecule has 0 amide bonds. The third-order valence-electron chi connectivity index (χ3n) is 5.96. The average Bonchev–Trinajstić information content (AvgIpc) is 3.54. The summed E-state index contributed by atoms with van der Waals surface area (Å²) in [6.07, 6.45) is 7.44. The van der Waals surface area contributed by atoms with Crippen LogP contribution in [-0.4, -0.2) is 48.9 Å². The summed E-state index contributed by atoms with van der Waals surface area (Å²) in [5.41, 5.74) is 6.74. The first-order valence-electron chi connectivity index (χ1n) is 11.2. The van der Waals surface area contributed by atoms with E-state index >= 15 is 8.78 Å². The second kappa shape index (κ2) is 9.69. The van der Waals surface area contributed by atoms with Crippen molar-refractivity contribution in [3.05, 3.63) is 77.7 Å². The van der Waals surface area contributed by atoms with Gasteiger partial charge >= 0.3 is 5.92 Å². The molecular formula is C24H21ClF3N9. The van der Waals surface area contributed by atoms with Crippen molar-refractivity contribution in [3.63, 3.8) is 0 Å². The van der Waals surface area contributed by atoms with Gasteiger partial charge in [0.15, 0.2) is 5.82 Å². The van der Waals surface area contributed by atoms with Gasteiger partial charge in [-0.3, -0.25) is 14.5 Å². The van der Waals surface area contributed by atoms with Gasteiger partial charge in [0.2, 0.25) is 5.82 Å². The van der Waals surface area contributed by atoms with Crippen molar-refractivity contribution < 1.29 is 13.2 Å². The number of anilines is 1. The fourth-order valence-corrected chi connectivity index (χ4v) is 4.45. The van der Waals surface area contributed by atoms with Gasteiger partial charge < -0.3 is 15.6 Å². The maximum atomic E-state index is 15.4. The van der Waals surface area contributed by atoms with Crippen LogP contribution in [0.2, 0.25) is 5.02 Å². The molecule has 0 aliphatic carbocycles. The Morgan fingerprint density at radius 3 is 2.84 bits per heavy atom. The minimum absolute atomic E-state index is 0.101. The smallest absolute Gasteiger partial charge is 0.348 e. The van der Waals surface area contributed by atoms with E-state index < -0.39 is 30.2 Å². The lowest BCUT2D eigenvalue weighted by molar-refractivity contribution is 0.0212. The number of pyridine rings is 2. The number of hydrogen-bond acceptors (Lipinski definition) is 6. The van der Waals surface area contributed by atoms with Crippen LogP contribution in [-0.2, 0) is 12.5 Å². The summed E-state index contributed by atoms with van der Waals surface area (Å²) >= 11 is 6.45. The second-order valence-electron chi connectivity index (χ2n) is 8.22. The molecule has 1 aliphatic heterocycles. The van der Waals surface area contributed by atoms with E-state index in [9.17, 15) is 4.39 Å². The van der Waals surface area contributed by atoms with Crippen molar-refractivity contribution in [2.45, 2.75) is 18.5 Å². The fraction of sp³-hybridized carbons (Fsp3) is 0.208. The molecule has 4 aromatic rings. The summed E-state index contributed by atoms with van der Waals surface area (Å²) in [6, 6.07) is 6.72. The number of rotatable bonds is 6. The van der Waals surface area contributed by atoms with Gasteiger partial charge in [-0.1, -0.05) is 17.7 Å². The van der Waals surface area contributed by atoms with Crippen LogP contribution in [0.4, 0.5) is 19.0 Å². The Hall–Kier alpha value is -4.19. The van der Waals surface area contributed by atoms with Crippen molar-refractivity contribution in [1.29, 1.82) is 0 Å². The molecule has 0 saturated heterocycles. The molecule has 0 fully saturated rings. The summed E-state index contributed by atoms with van der Waals surface area (Å²) in [6.45, 7) is -0.787. The maximum absolute atomic E-state index is 15.4. The van der Waals surface area contributed by atoms with Crippen LogP contribution < -0.4 is 11.1 Å². The molecule has 0 saturated carbocycles. The van der Waals surface area contributed by atoms with E-state index in [-0.39, 0.29) is 12.4 Å². The summed E-state index contributed by atoms with van der Waals surface area (Å²) in [5.74, 6) is -3.15. The van der Waals surface area contributed by atoms with Crippen molar-refractivity contribution >= 4 is 23.3 Å². The number of aromatic nitrogens is 6.